The molecule has 3 aromatic carbocycles. The molecule has 0 radical (unpaired) electrons. The second-order valence-corrected chi connectivity index (χ2v) is 16.5. The number of carbonyl (C=O) groups excluding carboxylic acids is 1. The van der Waals surface area contributed by atoms with Crippen LogP contribution in [0.25, 0.3) is 10.2 Å². The molecule has 57 heavy (non-hydrogen) atoms. The highest BCUT2D eigenvalue weighted by Crippen LogP contribution is 2.32. The molecular weight excluding hydrogens is 799 g/mol. The molecule has 5 aromatic rings. The summed E-state index contributed by atoms with van der Waals surface area (Å²) >= 11 is 0.878. The number of Topliss-reactive ketones (excluding diaryl/α,β-unsaturated/α-hetero) is 1. The number of carbonyl (C=O) groups is 2. The first-order valence-electron chi connectivity index (χ1n) is 17.4. The normalized spacial score (nSPS) is 18.0. The minimum absolute atomic E-state index is 0.0203. The van der Waals surface area contributed by atoms with E-state index in [0.717, 1.165) is 23.5 Å². The van der Waals surface area contributed by atoms with Crippen LogP contribution >= 0.6 is 11.3 Å². The maximum absolute atomic E-state index is 14.0. The topological polar surface area (TPSA) is 195 Å². The summed E-state index contributed by atoms with van der Waals surface area (Å²) in [6.07, 6.45) is -5.15. The fourth-order valence-corrected chi connectivity index (χ4v) is 7.87. The molecule has 0 bridgehead atoms. The van der Waals surface area contributed by atoms with Crippen LogP contribution in [0, 0.1) is 5.92 Å². The van der Waals surface area contributed by atoms with Crippen LogP contribution in [0.2, 0.25) is 0 Å². The van der Waals surface area contributed by atoms with Gasteiger partial charge in [-0.2, -0.15) is 13.2 Å². The van der Waals surface area contributed by atoms with Crippen LogP contribution in [0.5, 0.6) is 11.5 Å². The lowest BCUT2D eigenvalue weighted by atomic mass is 9.90. The Kier molecular flexibility index (Phi) is 12.3. The molecule has 0 aliphatic carbocycles. The Morgan fingerprint density at radius 3 is 2.28 bits per heavy atom. The molecular formula is C37H37F4N5O9S2. The van der Waals surface area contributed by atoms with Crippen LogP contribution in [-0.4, -0.2) is 76.5 Å². The van der Waals surface area contributed by atoms with Crippen molar-refractivity contribution < 1.29 is 59.6 Å². The van der Waals surface area contributed by atoms with E-state index in [1.165, 1.54) is 23.0 Å². The van der Waals surface area contributed by atoms with E-state index in [1.807, 2.05) is 0 Å². The molecule has 6 rings (SSSR count). The standard InChI is InChI=1S/C37H37F4N5O9S2/c1-36(2)54-31(17-38)32(55-36)20-53-26-9-5-22(6-10-26)14-29(30(47)15-23(34(48)49)13-21-3-7-24(8-4-21)37(39,40)41)46-18-25(44-45-46)19-52-27-11-12-28-33(16-27)56-35(43-28)57(42,50)51/h3-12,16,18,23,29,31-32H,13-15,17,19-20H2,1-2H3,(H,48,49)(H2,42,50,51)/t23?,29?,31-,32-/m0/s1. The maximum atomic E-state index is 14.0. The maximum Gasteiger partial charge on any atom is 0.416 e. The smallest absolute Gasteiger partial charge is 0.416 e. The third kappa shape index (κ3) is 10.7. The number of carboxylic acids is 1. The number of nitrogens with two attached hydrogens (primary N) is 1. The number of benzene rings is 3. The van der Waals surface area contributed by atoms with Gasteiger partial charge in [-0.15, -0.1) is 16.4 Å². The fraction of sp³-hybridized carbons (Fsp3) is 0.378. The number of hydrogen-bond acceptors (Lipinski definition) is 12. The van der Waals surface area contributed by atoms with Crippen molar-refractivity contribution in [3.63, 3.8) is 0 Å². The molecule has 2 unspecified atom stereocenters. The van der Waals surface area contributed by atoms with Crippen molar-refractivity contribution in [1.29, 1.82) is 0 Å². The number of nitrogens with zero attached hydrogens (tertiary/aromatic N) is 4. The molecule has 1 aliphatic heterocycles. The van der Waals surface area contributed by atoms with E-state index >= 15 is 0 Å². The molecule has 1 aliphatic rings. The number of carboxylic acid groups (broad SMARTS) is 1. The van der Waals surface area contributed by atoms with Gasteiger partial charge >= 0.3 is 12.1 Å². The molecule has 14 nitrogen and oxygen atoms in total. The minimum atomic E-state index is -4.57. The highest BCUT2D eigenvalue weighted by molar-refractivity contribution is 7.91. The molecule has 304 valence electrons. The van der Waals surface area contributed by atoms with Gasteiger partial charge in [-0.1, -0.05) is 29.5 Å². The van der Waals surface area contributed by atoms with Gasteiger partial charge in [0, 0.05) is 12.8 Å². The summed E-state index contributed by atoms with van der Waals surface area (Å²) in [6.45, 7) is 2.52. The molecule has 3 N–H and O–H groups in total. The van der Waals surface area contributed by atoms with Crippen LogP contribution < -0.4 is 14.6 Å². The Hall–Kier alpha value is -5.02. The quantitative estimate of drug-likeness (QED) is 0.109. The van der Waals surface area contributed by atoms with Crippen LogP contribution in [-0.2, 0) is 54.7 Å². The van der Waals surface area contributed by atoms with E-state index in [1.54, 1.807) is 56.3 Å². The van der Waals surface area contributed by atoms with E-state index in [2.05, 4.69) is 15.3 Å². The average Bonchev–Trinajstić information content (AvgIpc) is 3.88. The second kappa shape index (κ2) is 16.8. The predicted molar refractivity (Wildman–Crippen MR) is 196 cm³/mol. The van der Waals surface area contributed by atoms with Gasteiger partial charge in [0.2, 0.25) is 4.34 Å². The number of primary sulfonamides is 1. The van der Waals surface area contributed by atoms with E-state index < -0.39 is 76.6 Å². The number of alkyl halides is 4. The van der Waals surface area contributed by atoms with E-state index in [4.69, 9.17) is 24.1 Å². The van der Waals surface area contributed by atoms with Gasteiger partial charge in [-0.3, -0.25) is 9.59 Å². The molecule has 20 heteroatoms. The molecule has 3 heterocycles. The molecule has 4 atom stereocenters. The Labute approximate surface area is 327 Å². The highest BCUT2D eigenvalue weighted by atomic mass is 32.2. The molecule has 0 saturated carbocycles. The molecule has 1 fully saturated rings. The zero-order valence-electron chi connectivity index (χ0n) is 30.4. The van der Waals surface area contributed by atoms with Crippen LogP contribution in [0.1, 0.15) is 48.7 Å². The van der Waals surface area contributed by atoms with Crippen molar-refractivity contribution in [2.24, 2.45) is 11.1 Å². The number of sulfonamides is 1. The molecule has 0 amide bonds. The lowest BCUT2D eigenvalue weighted by molar-refractivity contribution is -0.149. The zero-order chi connectivity index (χ0) is 41.1. The molecule has 1 saturated heterocycles. The summed E-state index contributed by atoms with van der Waals surface area (Å²) < 4.78 is 101. The Morgan fingerprint density at radius 2 is 1.63 bits per heavy atom. The number of ether oxygens (including phenoxy) is 4. The summed E-state index contributed by atoms with van der Waals surface area (Å²) in [7, 11) is -4.00. The van der Waals surface area contributed by atoms with E-state index in [-0.39, 0.29) is 30.4 Å². The predicted octanol–water partition coefficient (Wildman–Crippen LogP) is 5.69. The van der Waals surface area contributed by atoms with Gasteiger partial charge < -0.3 is 24.1 Å². The van der Waals surface area contributed by atoms with Crippen molar-refractivity contribution in [2.45, 2.75) is 74.3 Å². The first-order valence-corrected chi connectivity index (χ1v) is 19.7. The number of ketones is 1. The number of hydrogen-bond donors (Lipinski definition) is 2. The van der Waals surface area contributed by atoms with Gasteiger partial charge in [-0.05, 0) is 73.9 Å². The SMILES string of the molecule is CC1(C)O[C@@H](CF)[C@H](COc2ccc(CC(C(=O)CC(Cc3ccc(C(F)(F)F)cc3)C(=O)O)n3cc(COc4ccc5nc(S(N)(=O)=O)sc5c4)nn3)cc2)O1. The van der Waals surface area contributed by atoms with Crippen LogP contribution in [0.15, 0.2) is 77.3 Å². The third-order valence-electron chi connectivity index (χ3n) is 8.98. The number of thiazole rings is 1. The first-order chi connectivity index (χ1) is 26.9. The van der Waals surface area contributed by atoms with Gasteiger partial charge in [0.25, 0.3) is 10.0 Å². The number of aliphatic carboxylic acids is 1. The van der Waals surface area contributed by atoms with Gasteiger partial charge in [0.15, 0.2) is 11.6 Å². The lowest BCUT2D eigenvalue weighted by Crippen LogP contribution is -2.30. The Morgan fingerprint density at radius 1 is 0.982 bits per heavy atom. The highest BCUT2D eigenvalue weighted by Gasteiger charge is 2.41. The van der Waals surface area contributed by atoms with E-state index in [9.17, 15) is 40.7 Å². The lowest BCUT2D eigenvalue weighted by Gasteiger charge is -2.19. The second-order valence-electron chi connectivity index (χ2n) is 13.8. The Balaban J connectivity index is 1.18. The number of aromatic nitrogens is 4. The summed E-state index contributed by atoms with van der Waals surface area (Å²) in [5, 5.41) is 23.5. The number of rotatable bonds is 17. The van der Waals surface area contributed by atoms with Crippen molar-refractivity contribution >= 4 is 43.3 Å². The summed E-state index contributed by atoms with van der Waals surface area (Å²) in [5.74, 6) is -3.26. The van der Waals surface area contributed by atoms with Crippen LogP contribution in [0.3, 0.4) is 0 Å². The van der Waals surface area contributed by atoms with Crippen molar-refractivity contribution in [1.82, 2.24) is 20.0 Å². The van der Waals surface area contributed by atoms with Crippen molar-refractivity contribution in [2.75, 3.05) is 13.3 Å². The number of halogens is 4. The number of fused-ring (bicyclic) bond motifs is 1. The summed E-state index contributed by atoms with van der Waals surface area (Å²) in [5.41, 5.74) is 0.782. The largest absolute Gasteiger partial charge is 0.491 e. The summed E-state index contributed by atoms with van der Waals surface area (Å²) in [4.78, 5) is 30.3. The van der Waals surface area contributed by atoms with Gasteiger partial charge in [-0.25, -0.2) is 27.6 Å². The monoisotopic (exact) mass is 835 g/mol. The minimum Gasteiger partial charge on any atom is -0.491 e. The van der Waals surface area contributed by atoms with Gasteiger partial charge in [0.05, 0.1) is 27.9 Å². The van der Waals surface area contributed by atoms with Crippen molar-refractivity contribution in [3.05, 3.63) is 95.3 Å². The summed E-state index contributed by atoms with van der Waals surface area (Å²) in [6, 6.07) is 14.5. The molecule has 0 spiro atoms. The van der Waals surface area contributed by atoms with Crippen molar-refractivity contribution in [3.8, 4) is 11.5 Å². The van der Waals surface area contributed by atoms with E-state index in [0.29, 0.717) is 38.5 Å². The average molecular weight is 836 g/mol. The first kappa shape index (κ1) is 41.6. The molecule has 2 aromatic heterocycles. The Bertz CT molecular complexity index is 2320. The van der Waals surface area contributed by atoms with Crippen LogP contribution in [0.4, 0.5) is 17.6 Å². The van der Waals surface area contributed by atoms with Gasteiger partial charge in [0.1, 0.15) is 55.3 Å². The fourth-order valence-electron chi connectivity index (χ4n) is 6.18. The third-order valence-corrected chi connectivity index (χ3v) is 11.3. The zero-order valence-corrected chi connectivity index (χ0v) is 32.0.